The van der Waals surface area contributed by atoms with Crippen LogP contribution in [-0.4, -0.2) is 17.1 Å². The molecule has 5 nitrogen and oxygen atoms in total. The number of nitrogens with one attached hydrogen (secondary N) is 1. The van der Waals surface area contributed by atoms with Gasteiger partial charge in [0.15, 0.2) is 0 Å². The SMILES string of the molecule is CCCc1cc(NCc2cc(N)ccc2OC)ncn1. The van der Waals surface area contributed by atoms with Crippen LogP contribution in [-0.2, 0) is 13.0 Å². The molecule has 5 heteroatoms. The van der Waals surface area contributed by atoms with Gasteiger partial charge in [-0.3, -0.25) is 0 Å². The number of nitrogens with zero attached hydrogens (tertiary/aromatic N) is 2. The second-order valence-electron chi connectivity index (χ2n) is 4.57. The van der Waals surface area contributed by atoms with Crippen molar-refractivity contribution in [3.8, 4) is 5.75 Å². The molecule has 0 aliphatic rings. The van der Waals surface area contributed by atoms with Gasteiger partial charge in [-0.15, -0.1) is 0 Å². The third-order valence-corrected chi connectivity index (χ3v) is 2.99. The fraction of sp³-hybridized carbons (Fsp3) is 0.333. The summed E-state index contributed by atoms with van der Waals surface area (Å²) in [5, 5.41) is 3.28. The molecule has 0 fully saturated rings. The van der Waals surface area contributed by atoms with Gasteiger partial charge in [0.25, 0.3) is 0 Å². The van der Waals surface area contributed by atoms with Crippen molar-refractivity contribution in [2.75, 3.05) is 18.2 Å². The van der Waals surface area contributed by atoms with Crippen LogP contribution in [0.5, 0.6) is 5.75 Å². The fourth-order valence-corrected chi connectivity index (χ4v) is 2.01. The van der Waals surface area contributed by atoms with Crippen molar-refractivity contribution in [2.45, 2.75) is 26.3 Å². The first kappa shape index (κ1) is 14.1. The minimum Gasteiger partial charge on any atom is -0.496 e. The monoisotopic (exact) mass is 272 g/mol. The van der Waals surface area contributed by atoms with E-state index in [0.29, 0.717) is 6.54 Å². The highest BCUT2D eigenvalue weighted by Crippen LogP contribution is 2.22. The first-order valence-electron chi connectivity index (χ1n) is 6.70. The molecular weight excluding hydrogens is 252 g/mol. The summed E-state index contributed by atoms with van der Waals surface area (Å²) in [5.74, 6) is 1.63. The normalized spacial score (nSPS) is 10.3. The Hall–Kier alpha value is -2.30. The van der Waals surface area contributed by atoms with E-state index >= 15 is 0 Å². The Morgan fingerprint density at radius 1 is 1.25 bits per heavy atom. The minimum absolute atomic E-state index is 0.608. The molecule has 0 spiro atoms. The van der Waals surface area contributed by atoms with Crippen molar-refractivity contribution in [1.29, 1.82) is 0 Å². The summed E-state index contributed by atoms with van der Waals surface area (Å²) >= 11 is 0. The van der Waals surface area contributed by atoms with Crippen molar-refractivity contribution in [1.82, 2.24) is 9.97 Å². The van der Waals surface area contributed by atoms with E-state index in [4.69, 9.17) is 10.5 Å². The molecule has 1 heterocycles. The number of ether oxygens (including phenoxy) is 1. The largest absolute Gasteiger partial charge is 0.496 e. The lowest BCUT2D eigenvalue weighted by Gasteiger charge is -2.11. The van der Waals surface area contributed by atoms with Gasteiger partial charge in [0.05, 0.1) is 7.11 Å². The molecule has 1 aromatic carbocycles. The Bertz CT molecular complexity index is 572. The summed E-state index contributed by atoms with van der Waals surface area (Å²) < 4.78 is 5.32. The lowest BCUT2D eigenvalue weighted by molar-refractivity contribution is 0.410. The zero-order valence-electron chi connectivity index (χ0n) is 11.9. The summed E-state index contributed by atoms with van der Waals surface area (Å²) in [6.45, 7) is 2.74. The highest BCUT2D eigenvalue weighted by Gasteiger charge is 2.04. The maximum Gasteiger partial charge on any atom is 0.129 e. The first-order valence-corrected chi connectivity index (χ1v) is 6.70. The van der Waals surface area contributed by atoms with Gasteiger partial charge >= 0.3 is 0 Å². The lowest BCUT2D eigenvalue weighted by Crippen LogP contribution is -2.05. The molecule has 0 amide bonds. The third kappa shape index (κ3) is 3.60. The van der Waals surface area contributed by atoms with Gasteiger partial charge in [-0.05, 0) is 24.6 Å². The maximum absolute atomic E-state index is 5.81. The quantitative estimate of drug-likeness (QED) is 0.791. The van der Waals surface area contributed by atoms with Crippen LogP contribution < -0.4 is 15.8 Å². The average Bonchev–Trinajstić information content (AvgIpc) is 2.46. The number of nitrogen functional groups attached to an aromatic ring is 1. The third-order valence-electron chi connectivity index (χ3n) is 2.99. The van der Waals surface area contributed by atoms with E-state index in [-0.39, 0.29) is 0 Å². The van der Waals surface area contributed by atoms with Crippen molar-refractivity contribution in [3.05, 3.63) is 41.9 Å². The Kier molecular flexibility index (Phi) is 4.76. The second-order valence-corrected chi connectivity index (χ2v) is 4.57. The number of hydrogen-bond donors (Lipinski definition) is 2. The summed E-state index contributed by atoms with van der Waals surface area (Å²) in [7, 11) is 1.65. The predicted octanol–water partition coefficient (Wildman–Crippen LogP) is 2.63. The number of anilines is 2. The molecule has 0 radical (unpaired) electrons. The van der Waals surface area contributed by atoms with Crippen LogP contribution in [0, 0.1) is 0 Å². The van der Waals surface area contributed by atoms with Gasteiger partial charge in [0.1, 0.15) is 17.9 Å². The molecule has 106 valence electrons. The highest BCUT2D eigenvalue weighted by atomic mass is 16.5. The van der Waals surface area contributed by atoms with E-state index in [0.717, 1.165) is 41.4 Å². The predicted molar refractivity (Wildman–Crippen MR) is 80.8 cm³/mol. The maximum atomic E-state index is 5.81. The number of benzene rings is 1. The number of aryl methyl sites for hydroxylation is 1. The molecule has 2 rings (SSSR count). The van der Waals surface area contributed by atoms with Gasteiger partial charge in [0, 0.05) is 29.6 Å². The van der Waals surface area contributed by atoms with Gasteiger partial charge in [-0.1, -0.05) is 13.3 Å². The van der Waals surface area contributed by atoms with E-state index in [1.807, 2.05) is 24.3 Å². The van der Waals surface area contributed by atoms with Gasteiger partial charge < -0.3 is 15.8 Å². The van der Waals surface area contributed by atoms with E-state index in [1.165, 1.54) is 0 Å². The van der Waals surface area contributed by atoms with Gasteiger partial charge in [0.2, 0.25) is 0 Å². The van der Waals surface area contributed by atoms with Crippen LogP contribution in [0.2, 0.25) is 0 Å². The average molecular weight is 272 g/mol. The van der Waals surface area contributed by atoms with E-state index in [1.54, 1.807) is 13.4 Å². The van der Waals surface area contributed by atoms with Crippen molar-refractivity contribution in [3.63, 3.8) is 0 Å². The van der Waals surface area contributed by atoms with Gasteiger partial charge in [-0.25, -0.2) is 9.97 Å². The van der Waals surface area contributed by atoms with Crippen molar-refractivity contribution >= 4 is 11.5 Å². The Balaban J connectivity index is 2.08. The Morgan fingerprint density at radius 2 is 2.10 bits per heavy atom. The Labute approximate surface area is 119 Å². The minimum atomic E-state index is 0.608. The molecule has 0 aliphatic carbocycles. The fourth-order valence-electron chi connectivity index (χ4n) is 2.01. The molecule has 3 N–H and O–H groups in total. The number of nitrogens with two attached hydrogens (primary N) is 1. The lowest BCUT2D eigenvalue weighted by atomic mass is 10.1. The molecule has 0 saturated carbocycles. The highest BCUT2D eigenvalue weighted by molar-refractivity contribution is 5.49. The topological polar surface area (TPSA) is 73.1 Å². The summed E-state index contributed by atoms with van der Waals surface area (Å²) in [4.78, 5) is 8.46. The molecule has 0 saturated heterocycles. The molecule has 0 unspecified atom stereocenters. The molecule has 20 heavy (non-hydrogen) atoms. The summed E-state index contributed by atoms with van der Waals surface area (Å²) in [6, 6.07) is 7.57. The van der Waals surface area contributed by atoms with Crippen molar-refractivity contribution in [2.24, 2.45) is 0 Å². The van der Waals surface area contributed by atoms with Crippen LogP contribution in [0.15, 0.2) is 30.6 Å². The standard InChI is InChI=1S/C15H20N4O/c1-3-4-13-8-15(19-10-18-13)17-9-11-7-12(16)5-6-14(11)20-2/h5-8,10H,3-4,9,16H2,1-2H3,(H,17,18,19). The first-order chi connectivity index (χ1) is 9.72. The van der Waals surface area contributed by atoms with E-state index in [9.17, 15) is 0 Å². The van der Waals surface area contributed by atoms with Gasteiger partial charge in [-0.2, -0.15) is 0 Å². The van der Waals surface area contributed by atoms with E-state index in [2.05, 4.69) is 22.2 Å². The number of aromatic nitrogens is 2. The van der Waals surface area contributed by atoms with E-state index < -0.39 is 0 Å². The molecule has 2 aromatic rings. The van der Waals surface area contributed by atoms with Crippen LogP contribution >= 0.6 is 0 Å². The molecule has 0 atom stereocenters. The smallest absolute Gasteiger partial charge is 0.129 e. The second kappa shape index (κ2) is 6.75. The van der Waals surface area contributed by atoms with Crippen molar-refractivity contribution < 1.29 is 4.74 Å². The number of methoxy groups -OCH3 is 1. The van der Waals surface area contributed by atoms with Crippen LogP contribution in [0.25, 0.3) is 0 Å². The zero-order valence-corrected chi connectivity index (χ0v) is 11.9. The van der Waals surface area contributed by atoms with Crippen LogP contribution in [0.4, 0.5) is 11.5 Å². The molecule has 1 aromatic heterocycles. The Morgan fingerprint density at radius 3 is 2.85 bits per heavy atom. The number of rotatable bonds is 6. The molecule has 0 bridgehead atoms. The number of hydrogen-bond acceptors (Lipinski definition) is 5. The van der Waals surface area contributed by atoms with Crippen LogP contribution in [0.3, 0.4) is 0 Å². The zero-order chi connectivity index (χ0) is 14.4. The summed E-state index contributed by atoms with van der Waals surface area (Å²) in [5.41, 5.74) is 8.57. The molecular formula is C15H20N4O. The molecule has 0 aliphatic heterocycles. The summed E-state index contributed by atoms with van der Waals surface area (Å²) in [6.07, 6.45) is 3.61. The van der Waals surface area contributed by atoms with Crippen LogP contribution in [0.1, 0.15) is 24.6 Å².